The first kappa shape index (κ1) is 10.2. The number of benzene rings is 1. The predicted molar refractivity (Wildman–Crippen MR) is 57.3 cm³/mol. The minimum atomic E-state index is -0.602. The Labute approximate surface area is 91.8 Å². The Hall–Kier alpha value is -1.29. The maximum absolute atomic E-state index is 11.2. The third-order valence-corrected chi connectivity index (χ3v) is 3.41. The van der Waals surface area contributed by atoms with Crippen molar-refractivity contribution in [3.63, 3.8) is 0 Å². The number of rotatable bonds is 2. The zero-order valence-corrected chi connectivity index (χ0v) is 8.99. The normalized spacial score (nSPS) is 24.5. The Morgan fingerprint density at radius 3 is 2.53 bits per heavy atom. The molecule has 0 bridgehead atoms. The van der Waals surface area contributed by atoms with Gasteiger partial charge in [0.1, 0.15) is 0 Å². The summed E-state index contributed by atoms with van der Waals surface area (Å²) in [7, 11) is 0. The van der Waals surface area contributed by atoms with Gasteiger partial charge in [-0.15, -0.1) is 0 Å². The molecular formula is C11H10O3S. The summed E-state index contributed by atoms with van der Waals surface area (Å²) in [4.78, 5) is 22.0. The first-order valence-corrected chi connectivity index (χ1v) is 5.49. The maximum atomic E-state index is 11.2. The molecule has 0 spiro atoms. The van der Waals surface area contributed by atoms with E-state index in [0.717, 1.165) is 5.56 Å². The molecule has 1 aliphatic heterocycles. The molecule has 0 aliphatic carbocycles. The summed E-state index contributed by atoms with van der Waals surface area (Å²) in [6, 6.07) is 9.59. The molecule has 2 rings (SSSR count). The minimum absolute atomic E-state index is 0.0393. The molecule has 1 saturated heterocycles. The van der Waals surface area contributed by atoms with E-state index >= 15 is 0 Å². The van der Waals surface area contributed by atoms with Crippen molar-refractivity contribution in [2.45, 2.75) is 18.3 Å². The molecule has 1 aromatic rings. The van der Waals surface area contributed by atoms with Crippen LogP contribution in [0.3, 0.4) is 0 Å². The third kappa shape index (κ3) is 2.04. The largest absolute Gasteiger partial charge is 0.452 e. The average Bonchev–Trinajstić information content (AvgIpc) is 2.24. The second-order valence-corrected chi connectivity index (χ2v) is 4.44. The summed E-state index contributed by atoms with van der Waals surface area (Å²) in [6.45, 7) is 1.32. The molecule has 0 aromatic heterocycles. The highest BCUT2D eigenvalue weighted by molar-refractivity contribution is 8.16. The van der Waals surface area contributed by atoms with Crippen LogP contribution in [0.4, 0.5) is 0 Å². The van der Waals surface area contributed by atoms with Crippen molar-refractivity contribution in [3.8, 4) is 0 Å². The number of carbonyl (C=O) groups is 2. The van der Waals surface area contributed by atoms with E-state index in [0.29, 0.717) is 0 Å². The van der Waals surface area contributed by atoms with Gasteiger partial charge >= 0.3 is 5.97 Å². The van der Waals surface area contributed by atoms with Crippen molar-refractivity contribution in [1.29, 1.82) is 0 Å². The number of hydrogen-bond acceptors (Lipinski definition) is 4. The molecule has 2 atom stereocenters. The Bertz CT molecular complexity index is 388. The zero-order valence-electron chi connectivity index (χ0n) is 8.17. The fraction of sp³-hybridized carbons (Fsp3) is 0.273. The van der Waals surface area contributed by atoms with Gasteiger partial charge in [-0.05, 0) is 5.56 Å². The Morgan fingerprint density at radius 1 is 1.33 bits per heavy atom. The first-order chi connectivity index (χ1) is 7.18. The first-order valence-electron chi connectivity index (χ1n) is 4.61. The van der Waals surface area contributed by atoms with Crippen LogP contribution >= 0.6 is 11.8 Å². The molecule has 0 saturated carbocycles. The average molecular weight is 222 g/mol. The summed E-state index contributed by atoms with van der Waals surface area (Å²) in [6.07, 6.45) is -0.602. The van der Waals surface area contributed by atoms with Crippen LogP contribution in [0.25, 0.3) is 0 Å². The van der Waals surface area contributed by atoms with Crippen LogP contribution in [0.1, 0.15) is 17.7 Å². The lowest BCUT2D eigenvalue weighted by atomic mass is 10.1. The molecular weight excluding hydrogens is 212 g/mol. The predicted octanol–water partition coefficient (Wildman–Crippen LogP) is 1.93. The van der Waals surface area contributed by atoms with Crippen LogP contribution in [-0.4, -0.2) is 17.2 Å². The molecule has 15 heavy (non-hydrogen) atoms. The highest BCUT2D eigenvalue weighted by Gasteiger charge is 2.44. The van der Waals surface area contributed by atoms with Crippen LogP contribution in [0.5, 0.6) is 0 Å². The van der Waals surface area contributed by atoms with Crippen molar-refractivity contribution in [3.05, 3.63) is 35.9 Å². The highest BCUT2D eigenvalue weighted by atomic mass is 32.2. The molecule has 0 radical (unpaired) electrons. The van der Waals surface area contributed by atoms with Crippen LogP contribution in [0.2, 0.25) is 0 Å². The molecule has 3 nitrogen and oxygen atoms in total. The Morgan fingerprint density at radius 2 is 2.00 bits per heavy atom. The molecule has 78 valence electrons. The molecule has 1 fully saturated rings. The van der Waals surface area contributed by atoms with E-state index in [2.05, 4.69) is 0 Å². The van der Waals surface area contributed by atoms with Gasteiger partial charge in [0.25, 0.3) is 0 Å². The van der Waals surface area contributed by atoms with E-state index in [1.165, 1.54) is 18.7 Å². The van der Waals surface area contributed by atoms with Crippen molar-refractivity contribution >= 4 is 22.8 Å². The second kappa shape index (κ2) is 4.06. The Kier molecular flexibility index (Phi) is 2.77. The summed E-state index contributed by atoms with van der Waals surface area (Å²) >= 11 is 1.22. The van der Waals surface area contributed by atoms with E-state index in [1.807, 2.05) is 30.3 Å². The molecule has 1 aromatic carbocycles. The number of carbonyl (C=O) groups excluding carboxylic acids is 2. The van der Waals surface area contributed by atoms with Gasteiger partial charge < -0.3 is 4.74 Å². The van der Waals surface area contributed by atoms with Gasteiger partial charge in [-0.1, -0.05) is 42.1 Å². The number of ether oxygens (including phenoxy) is 1. The summed E-state index contributed by atoms with van der Waals surface area (Å²) in [5.41, 5.74) is 1.02. The van der Waals surface area contributed by atoms with Crippen molar-refractivity contribution in [1.82, 2.24) is 0 Å². The SMILES string of the molecule is CC(=O)O[C@H]1C(=O)S[C@H]1c1ccccc1. The monoisotopic (exact) mass is 222 g/mol. The summed E-state index contributed by atoms with van der Waals surface area (Å²) in [5, 5.41) is -0.110. The van der Waals surface area contributed by atoms with Gasteiger partial charge in [0.15, 0.2) is 6.10 Å². The molecule has 0 unspecified atom stereocenters. The van der Waals surface area contributed by atoms with Gasteiger partial charge in [-0.25, -0.2) is 0 Å². The third-order valence-electron chi connectivity index (χ3n) is 2.17. The van der Waals surface area contributed by atoms with Gasteiger partial charge in [0.05, 0.1) is 5.25 Å². The molecule has 0 N–H and O–H groups in total. The van der Waals surface area contributed by atoms with E-state index in [1.54, 1.807) is 0 Å². The minimum Gasteiger partial charge on any atom is -0.452 e. The van der Waals surface area contributed by atoms with E-state index < -0.39 is 12.1 Å². The lowest BCUT2D eigenvalue weighted by molar-refractivity contribution is -0.151. The fourth-order valence-corrected chi connectivity index (χ4v) is 2.42. The van der Waals surface area contributed by atoms with Crippen molar-refractivity contribution < 1.29 is 14.3 Å². The molecule has 4 heteroatoms. The van der Waals surface area contributed by atoms with Crippen LogP contribution < -0.4 is 0 Å². The number of esters is 1. The lowest BCUT2D eigenvalue weighted by Gasteiger charge is -2.33. The van der Waals surface area contributed by atoms with Crippen LogP contribution in [0.15, 0.2) is 30.3 Å². The highest BCUT2D eigenvalue weighted by Crippen LogP contribution is 2.45. The smallest absolute Gasteiger partial charge is 0.303 e. The van der Waals surface area contributed by atoms with Crippen molar-refractivity contribution in [2.24, 2.45) is 0 Å². The van der Waals surface area contributed by atoms with Crippen LogP contribution in [-0.2, 0) is 14.3 Å². The topological polar surface area (TPSA) is 43.4 Å². The van der Waals surface area contributed by atoms with Gasteiger partial charge in [-0.2, -0.15) is 0 Å². The van der Waals surface area contributed by atoms with Crippen molar-refractivity contribution in [2.75, 3.05) is 0 Å². The number of hydrogen-bond donors (Lipinski definition) is 0. The van der Waals surface area contributed by atoms with Crippen LogP contribution in [0, 0.1) is 0 Å². The Balaban J connectivity index is 2.12. The standard InChI is InChI=1S/C11H10O3S/c1-7(12)14-9-10(15-11(9)13)8-5-3-2-4-6-8/h2-6,9-10H,1H3/t9-,10+/m1/s1. The van der Waals surface area contributed by atoms with E-state index in [9.17, 15) is 9.59 Å². The van der Waals surface area contributed by atoms with E-state index in [-0.39, 0.29) is 10.4 Å². The van der Waals surface area contributed by atoms with Gasteiger partial charge in [0, 0.05) is 6.92 Å². The quantitative estimate of drug-likeness (QED) is 0.717. The summed E-state index contributed by atoms with van der Waals surface area (Å²) in [5.74, 6) is -0.408. The fourth-order valence-electron chi connectivity index (χ4n) is 1.48. The zero-order chi connectivity index (χ0) is 10.8. The molecule has 0 amide bonds. The second-order valence-electron chi connectivity index (χ2n) is 3.30. The molecule has 1 aliphatic rings. The molecule has 1 heterocycles. The summed E-state index contributed by atoms with van der Waals surface area (Å²) < 4.78 is 4.96. The maximum Gasteiger partial charge on any atom is 0.303 e. The van der Waals surface area contributed by atoms with Gasteiger partial charge in [0.2, 0.25) is 5.12 Å². The lowest BCUT2D eigenvalue weighted by Crippen LogP contribution is -2.38. The number of thioether (sulfide) groups is 1. The van der Waals surface area contributed by atoms with E-state index in [4.69, 9.17) is 4.74 Å². The van der Waals surface area contributed by atoms with Gasteiger partial charge in [-0.3, -0.25) is 9.59 Å².